The first-order valence-corrected chi connectivity index (χ1v) is 10.0. The van der Waals surface area contributed by atoms with Gasteiger partial charge in [0.15, 0.2) is 6.61 Å². The van der Waals surface area contributed by atoms with Gasteiger partial charge in [-0.15, -0.1) is 11.3 Å². The Bertz CT molecular complexity index is 925. The molecule has 0 fully saturated rings. The minimum absolute atomic E-state index is 0.0318. The lowest BCUT2D eigenvalue weighted by Gasteiger charge is -2.20. The number of amides is 2. The molecule has 0 aliphatic carbocycles. The van der Waals surface area contributed by atoms with E-state index in [2.05, 4.69) is 10.6 Å². The molecular formula is C16H17N3O5S2. The molecule has 0 spiro atoms. The van der Waals surface area contributed by atoms with Gasteiger partial charge in [0.05, 0.1) is 23.7 Å². The number of carbonyl (C=O) groups is 2. The van der Waals surface area contributed by atoms with Gasteiger partial charge >= 0.3 is 0 Å². The van der Waals surface area contributed by atoms with Crippen LogP contribution < -0.4 is 15.4 Å². The van der Waals surface area contributed by atoms with Crippen molar-refractivity contribution >= 4 is 38.9 Å². The summed E-state index contributed by atoms with van der Waals surface area (Å²) in [6.07, 6.45) is 0. The molecule has 2 aromatic rings. The van der Waals surface area contributed by atoms with Crippen molar-refractivity contribution in [3.63, 3.8) is 0 Å². The van der Waals surface area contributed by atoms with Gasteiger partial charge in [0.25, 0.3) is 5.91 Å². The van der Waals surface area contributed by atoms with E-state index in [0.717, 1.165) is 9.18 Å². The number of rotatable bonds is 6. The quantitative estimate of drug-likeness (QED) is 0.760. The van der Waals surface area contributed by atoms with Gasteiger partial charge < -0.3 is 15.4 Å². The maximum atomic E-state index is 12.7. The molecule has 2 N–H and O–H groups in total. The molecule has 1 aliphatic rings. The molecule has 0 saturated heterocycles. The van der Waals surface area contributed by atoms with E-state index in [1.165, 1.54) is 36.6 Å². The van der Waals surface area contributed by atoms with Crippen molar-refractivity contribution in [3.8, 4) is 5.75 Å². The Labute approximate surface area is 154 Å². The number of sulfonamides is 1. The molecular weight excluding hydrogens is 378 g/mol. The van der Waals surface area contributed by atoms with Gasteiger partial charge in [0.1, 0.15) is 5.75 Å². The monoisotopic (exact) mass is 395 g/mol. The smallest absolute Gasteiger partial charge is 0.262 e. The fourth-order valence-corrected chi connectivity index (χ4v) is 4.14. The number of likely N-dealkylation sites (N-methyl/N-ethyl adjacent to an activating group) is 1. The van der Waals surface area contributed by atoms with Gasteiger partial charge in [-0.05, 0) is 29.6 Å². The molecule has 138 valence electrons. The lowest BCUT2D eigenvalue weighted by Crippen LogP contribution is -2.38. The van der Waals surface area contributed by atoms with Crippen LogP contribution in [0.4, 0.5) is 5.69 Å². The fraction of sp³-hybridized carbons (Fsp3) is 0.250. The zero-order valence-corrected chi connectivity index (χ0v) is 15.5. The standard InChI is InChI=1S/C16H17N3O5S2/c1-19(9-15(20)17-8-11-3-2-6-25-11)26(22,23)12-4-5-14-13(7-12)18-16(21)10-24-14/h2-7H,8-10H2,1H3,(H,17,20)(H,18,21). The van der Waals surface area contributed by atoms with Crippen LogP contribution in [0.2, 0.25) is 0 Å². The molecule has 8 nitrogen and oxygen atoms in total. The van der Waals surface area contributed by atoms with E-state index in [1.807, 2.05) is 17.5 Å². The lowest BCUT2D eigenvalue weighted by atomic mass is 10.2. The summed E-state index contributed by atoms with van der Waals surface area (Å²) >= 11 is 1.51. The molecule has 0 saturated carbocycles. The van der Waals surface area contributed by atoms with Crippen LogP contribution in [0.25, 0.3) is 0 Å². The van der Waals surface area contributed by atoms with E-state index >= 15 is 0 Å². The van der Waals surface area contributed by atoms with Gasteiger partial charge in [-0.25, -0.2) is 8.42 Å². The third-order valence-electron chi connectivity index (χ3n) is 3.70. The second-order valence-electron chi connectivity index (χ2n) is 5.61. The Kier molecular flexibility index (Phi) is 5.25. The summed E-state index contributed by atoms with van der Waals surface area (Å²) in [4.78, 5) is 24.3. The third-order valence-corrected chi connectivity index (χ3v) is 6.37. The number of carbonyl (C=O) groups excluding carboxylic acids is 2. The van der Waals surface area contributed by atoms with Gasteiger partial charge in [-0.1, -0.05) is 6.07 Å². The van der Waals surface area contributed by atoms with Crippen LogP contribution >= 0.6 is 11.3 Å². The molecule has 0 atom stereocenters. The van der Waals surface area contributed by atoms with Crippen LogP contribution in [0.15, 0.2) is 40.6 Å². The highest BCUT2D eigenvalue weighted by Crippen LogP contribution is 2.30. The number of ether oxygens (including phenoxy) is 1. The second-order valence-corrected chi connectivity index (χ2v) is 8.69. The number of hydrogen-bond acceptors (Lipinski definition) is 6. The minimum atomic E-state index is -3.89. The van der Waals surface area contributed by atoms with Crippen molar-refractivity contribution in [2.45, 2.75) is 11.4 Å². The predicted molar refractivity (Wildman–Crippen MR) is 96.5 cm³/mol. The van der Waals surface area contributed by atoms with Crippen molar-refractivity contribution in [1.29, 1.82) is 0 Å². The first kappa shape index (κ1) is 18.4. The maximum absolute atomic E-state index is 12.7. The molecule has 0 radical (unpaired) electrons. The summed E-state index contributed by atoms with van der Waals surface area (Å²) in [5.74, 6) is -0.354. The Morgan fingerprint density at radius 1 is 1.38 bits per heavy atom. The first-order chi connectivity index (χ1) is 12.4. The summed E-state index contributed by atoms with van der Waals surface area (Å²) < 4.78 is 31.5. The van der Waals surface area contributed by atoms with Crippen LogP contribution in [0, 0.1) is 0 Å². The summed E-state index contributed by atoms with van der Waals surface area (Å²) in [5, 5.41) is 7.15. The topological polar surface area (TPSA) is 105 Å². The fourth-order valence-electron chi connectivity index (χ4n) is 2.34. The van der Waals surface area contributed by atoms with Gasteiger partial charge in [0, 0.05) is 11.9 Å². The predicted octanol–water partition coefficient (Wildman–Crippen LogP) is 1.02. The van der Waals surface area contributed by atoms with Crippen molar-refractivity contribution in [1.82, 2.24) is 9.62 Å². The first-order valence-electron chi connectivity index (χ1n) is 7.68. The number of nitrogens with zero attached hydrogens (tertiary/aromatic N) is 1. The minimum Gasteiger partial charge on any atom is -0.482 e. The SMILES string of the molecule is CN(CC(=O)NCc1cccs1)S(=O)(=O)c1ccc2c(c1)NC(=O)CO2. The lowest BCUT2D eigenvalue weighted by molar-refractivity contribution is -0.121. The second kappa shape index (κ2) is 7.44. The van der Waals surface area contributed by atoms with Gasteiger partial charge in [-0.3, -0.25) is 9.59 Å². The Morgan fingerprint density at radius 2 is 2.19 bits per heavy atom. The maximum Gasteiger partial charge on any atom is 0.262 e. The van der Waals surface area contributed by atoms with Crippen molar-refractivity contribution in [2.24, 2.45) is 0 Å². The molecule has 26 heavy (non-hydrogen) atoms. The van der Waals surface area contributed by atoms with E-state index in [-0.39, 0.29) is 29.6 Å². The van der Waals surface area contributed by atoms with E-state index < -0.39 is 15.9 Å². The highest BCUT2D eigenvalue weighted by atomic mass is 32.2. The number of anilines is 1. The zero-order valence-electron chi connectivity index (χ0n) is 13.9. The molecule has 1 aromatic carbocycles. The Hall–Kier alpha value is -2.43. The number of thiophene rings is 1. The van der Waals surface area contributed by atoms with E-state index in [0.29, 0.717) is 12.3 Å². The van der Waals surface area contributed by atoms with Gasteiger partial charge in [0.2, 0.25) is 15.9 Å². The third kappa shape index (κ3) is 4.03. The van der Waals surface area contributed by atoms with E-state index in [9.17, 15) is 18.0 Å². The molecule has 0 unspecified atom stereocenters. The van der Waals surface area contributed by atoms with Gasteiger partial charge in [-0.2, -0.15) is 4.31 Å². The van der Waals surface area contributed by atoms with E-state index in [1.54, 1.807) is 0 Å². The van der Waals surface area contributed by atoms with Crippen LogP contribution in [-0.2, 0) is 26.2 Å². The molecule has 1 aliphatic heterocycles. The number of hydrogen-bond donors (Lipinski definition) is 2. The molecule has 2 heterocycles. The summed E-state index contributed by atoms with van der Waals surface area (Å²) in [6, 6.07) is 7.94. The van der Waals surface area contributed by atoms with E-state index in [4.69, 9.17) is 4.74 Å². The Morgan fingerprint density at radius 3 is 2.92 bits per heavy atom. The number of nitrogens with one attached hydrogen (secondary N) is 2. The summed E-state index contributed by atoms with van der Waals surface area (Å²) in [5.41, 5.74) is 0.290. The van der Waals surface area contributed by atoms with Crippen molar-refractivity contribution in [3.05, 3.63) is 40.6 Å². The average Bonchev–Trinajstić information content (AvgIpc) is 3.12. The normalized spacial score (nSPS) is 13.7. The van der Waals surface area contributed by atoms with Crippen LogP contribution in [-0.4, -0.2) is 44.7 Å². The zero-order chi connectivity index (χ0) is 18.7. The Balaban J connectivity index is 1.68. The summed E-state index contributed by atoms with van der Waals surface area (Å²) in [6.45, 7) is -0.0658. The summed E-state index contributed by atoms with van der Waals surface area (Å²) in [7, 11) is -2.56. The average molecular weight is 395 g/mol. The highest BCUT2D eigenvalue weighted by Gasteiger charge is 2.25. The molecule has 10 heteroatoms. The largest absolute Gasteiger partial charge is 0.482 e. The molecule has 2 amide bonds. The molecule has 3 rings (SSSR count). The number of benzene rings is 1. The molecule has 1 aromatic heterocycles. The van der Waals surface area contributed by atoms with Crippen molar-refractivity contribution < 1.29 is 22.7 Å². The van der Waals surface area contributed by atoms with Crippen LogP contribution in [0.3, 0.4) is 0 Å². The van der Waals surface area contributed by atoms with Crippen LogP contribution in [0.5, 0.6) is 5.75 Å². The van der Waals surface area contributed by atoms with Crippen LogP contribution in [0.1, 0.15) is 4.88 Å². The van der Waals surface area contributed by atoms with Crippen molar-refractivity contribution in [2.75, 3.05) is 25.5 Å². The number of fused-ring (bicyclic) bond motifs is 1. The highest BCUT2D eigenvalue weighted by molar-refractivity contribution is 7.89. The molecule has 0 bridgehead atoms.